The fourth-order valence-corrected chi connectivity index (χ4v) is 4.64. The topological polar surface area (TPSA) is 37.8 Å². The molecule has 0 amide bonds. The van der Waals surface area contributed by atoms with Crippen LogP contribution >= 0.6 is 0 Å². The molecule has 3 aliphatic rings. The van der Waals surface area contributed by atoms with E-state index in [1.54, 1.807) is 14.2 Å². The van der Waals surface area contributed by atoms with E-state index < -0.39 is 0 Å². The molecule has 5 nitrogen and oxygen atoms in total. The zero-order chi connectivity index (χ0) is 18.6. The largest absolute Gasteiger partial charge is 0.493 e. The van der Waals surface area contributed by atoms with Crippen molar-refractivity contribution in [3.8, 4) is 11.5 Å². The molecule has 0 N–H and O–H groups in total. The predicted molar refractivity (Wildman–Crippen MR) is 106 cm³/mol. The van der Waals surface area contributed by atoms with Crippen molar-refractivity contribution < 1.29 is 9.47 Å². The van der Waals surface area contributed by atoms with Gasteiger partial charge in [-0.1, -0.05) is 12.1 Å². The Hall–Kier alpha value is -2.11. The Bertz CT molecular complexity index is 752. The normalized spacial score (nSPS) is 23.2. The Balaban J connectivity index is 1.48. The molecular formula is C22H29N3O2. The van der Waals surface area contributed by atoms with Gasteiger partial charge in [-0.2, -0.15) is 0 Å². The van der Waals surface area contributed by atoms with Crippen LogP contribution in [0, 0.1) is 5.92 Å². The second-order valence-electron chi connectivity index (χ2n) is 7.73. The van der Waals surface area contributed by atoms with Gasteiger partial charge in [0.05, 0.1) is 14.2 Å². The van der Waals surface area contributed by atoms with Crippen LogP contribution in [0.1, 0.15) is 24.0 Å². The summed E-state index contributed by atoms with van der Waals surface area (Å²) in [4.78, 5) is 9.42. The second kappa shape index (κ2) is 8.28. The van der Waals surface area contributed by atoms with Gasteiger partial charge in [-0.15, -0.1) is 0 Å². The number of para-hydroxylation sites is 1. The summed E-state index contributed by atoms with van der Waals surface area (Å²) >= 11 is 0. The Morgan fingerprint density at radius 1 is 0.963 bits per heavy atom. The molecule has 3 fully saturated rings. The molecule has 1 aromatic carbocycles. The highest BCUT2D eigenvalue weighted by molar-refractivity contribution is 5.46. The standard InChI is InChI=1S/C22H29N3O2/c1-26-21-5-3-4-19(22(21)27-2)15-25-14-18-6-7-20(25)16-24(13-18)12-17-8-10-23-11-9-17/h3-5,8-11,18,20H,6-7,12-16H2,1-2H3/t18-,20+/m0/s1. The molecule has 0 spiro atoms. The van der Waals surface area contributed by atoms with Gasteiger partial charge in [0.15, 0.2) is 11.5 Å². The minimum atomic E-state index is 0.599. The average molecular weight is 367 g/mol. The van der Waals surface area contributed by atoms with E-state index in [0.717, 1.165) is 43.6 Å². The van der Waals surface area contributed by atoms with Gasteiger partial charge in [-0.25, -0.2) is 0 Å². The second-order valence-corrected chi connectivity index (χ2v) is 7.73. The molecule has 5 rings (SSSR count). The summed E-state index contributed by atoms with van der Waals surface area (Å²) in [5, 5.41) is 0. The number of hydrogen-bond acceptors (Lipinski definition) is 5. The van der Waals surface area contributed by atoms with Crippen LogP contribution in [0.25, 0.3) is 0 Å². The summed E-state index contributed by atoms with van der Waals surface area (Å²) in [5.41, 5.74) is 2.57. The van der Waals surface area contributed by atoms with E-state index in [9.17, 15) is 0 Å². The van der Waals surface area contributed by atoms with Crippen LogP contribution in [0.3, 0.4) is 0 Å². The number of aromatic nitrogens is 1. The van der Waals surface area contributed by atoms with Crippen LogP contribution in [-0.4, -0.2) is 54.7 Å². The lowest BCUT2D eigenvalue weighted by Crippen LogP contribution is -2.43. The van der Waals surface area contributed by atoms with Crippen LogP contribution in [0.2, 0.25) is 0 Å². The first-order valence-corrected chi connectivity index (χ1v) is 9.82. The maximum absolute atomic E-state index is 5.65. The van der Waals surface area contributed by atoms with Crippen LogP contribution in [0.4, 0.5) is 0 Å². The van der Waals surface area contributed by atoms with Crippen molar-refractivity contribution in [2.75, 3.05) is 33.9 Å². The third kappa shape index (κ3) is 4.09. The summed E-state index contributed by atoms with van der Waals surface area (Å²) in [6.07, 6.45) is 6.40. The van der Waals surface area contributed by atoms with Crippen molar-refractivity contribution in [2.24, 2.45) is 5.92 Å². The highest BCUT2D eigenvalue weighted by atomic mass is 16.5. The summed E-state index contributed by atoms with van der Waals surface area (Å²) < 4.78 is 11.1. The molecule has 2 atom stereocenters. The predicted octanol–water partition coefficient (Wildman–Crippen LogP) is 3.20. The van der Waals surface area contributed by atoms with Gasteiger partial charge >= 0.3 is 0 Å². The van der Waals surface area contributed by atoms with Crippen molar-refractivity contribution in [3.63, 3.8) is 0 Å². The first-order valence-electron chi connectivity index (χ1n) is 9.82. The SMILES string of the molecule is COc1cccc(CN2C[C@H]3CC[C@@H]2CN(Cc2ccncc2)C3)c1OC. The number of nitrogens with zero attached hydrogens (tertiary/aromatic N) is 3. The van der Waals surface area contributed by atoms with Gasteiger partial charge in [-0.05, 0) is 42.5 Å². The first-order chi connectivity index (χ1) is 13.3. The Kier molecular flexibility index (Phi) is 5.60. The molecule has 3 saturated heterocycles. The van der Waals surface area contributed by atoms with E-state index in [1.165, 1.54) is 30.5 Å². The van der Waals surface area contributed by atoms with E-state index >= 15 is 0 Å². The molecule has 5 heteroatoms. The lowest BCUT2D eigenvalue weighted by atomic mass is 9.94. The van der Waals surface area contributed by atoms with Crippen LogP contribution in [0.5, 0.6) is 11.5 Å². The number of rotatable bonds is 6. The zero-order valence-corrected chi connectivity index (χ0v) is 16.3. The maximum atomic E-state index is 5.65. The summed E-state index contributed by atoms with van der Waals surface area (Å²) in [6.45, 7) is 5.42. The highest BCUT2D eigenvalue weighted by Crippen LogP contribution is 2.35. The van der Waals surface area contributed by atoms with Crippen molar-refractivity contribution in [1.29, 1.82) is 0 Å². The number of benzene rings is 1. The third-order valence-electron chi connectivity index (χ3n) is 5.92. The minimum Gasteiger partial charge on any atom is -0.493 e. The van der Waals surface area contributed by atoms with Crippen molar-refractivity contribution in [3.05, 3.63) is 53.9 Å². The minimum absolute atomic E-state index is 0.599. The molecular weight excluding hydrogens is 338 g/mol. The quantitative estimate of drug-likeness (QED) is 0.784. The summed E-state index contributed by atoms with van der Waals surface area (Å²) in [7, 11) is 3.43. The number of fused-ring (bicyclic) bond motifs is 4. The van der Waals surface area contributed by atoms with Crippen molar-refractivity contribution >= 4 is 0 Å². The smallest absolute Gasteiger partial charge is 0.165 e. The van der Waals surface area contributed by atoms with Crippen LogP contribution < -0.4 is 9.47 Å². The summed E-state index contributed by atoms with van der Waals surface area (Å²) in [6, 6.07) is 11.0. The average Bonchev–Trinajstić information content (AvgIpc) is 2.99. The molecule has 4 heterocycles. The Labute approximate surface area is 161 Å². The van der Waals surface area contributed by atoms with Gasteiger partial charge in [0, 0.05) is 56.7 Å². The molecule has 144 valence electrons. The molecule has 0 saturated carbocycles. The number of hydrogen-bond donors (Lipinski definition) is 0. The lowest BCUT2D eigenvalue weighted by molar-refractivity contribution is 0.122. The Morgan fingerprint density at radius 2 is 1.81 bits per heavy atom. The van der Waals surface area contributed by atoms with Gasteiger partial charge < -0.3 is 9.47 Å². The van der Waals surface area contributed by atoms with Crippen LogP contribution in [-0.2, 0) is 13.1 Å². The third-order valence-corrected chi connectivity index (χ3v) is 5.92. The van der Waals surface area contributed by atoms with Crippen molar-refractivity contribution in [2.45, 2.75) is 32.0 Å². The van der Waals surface area contributed by atoms with Crippen LogP contribution in [0.15, 0.2) is 42.7 Å². The molecule has 0 radical (unpaired) electrons. The van der Waals surface area contributed by atoms with Crippen molar-refractivity contribution in [1.82, 2.24) is 14.8 Å². The van der Waals surface area contributed by atoms with Gasteiger partial charge in [0.25, 0.3) is 0 Å². The lowest BCUT2D eigenvalue weighted by Gasteiger charge is -2.36. The molecule has 0 unspecified atom stereocenters. The fourth-order valence-electron chi connectivity index (χ4n) is 4.64. The van der Waals surface area contributed by atoms with Gasteiger partial charge in [0.1, 0.15) is 0 Å². The van der Waals surface area contributed by atoms with Gasteiger partial charge in [0.2, 0.25) is 0 Å². The Morgan fingerprint density at radius 3 is 2.59 bits per heavy atom. The molecule has 3 aliphatic heterocycles. The zero-order valence-electron chi connectivity index (χ0n) is 16.3. The van der Waals surface area contributed by atoms with Gasteiger partial charge in [-0.3, -0.25) is 14.8 Å². The number of ether oxygens (including phenoxy) is 2. The molecule has 27 heavy (non-hydrogen) atoms. The fraction of sp³-hybridized carbons (Fsp3) is 0.500. The van der Waals surface area contributed by atoms with E-state index in [4.69, 9.17) is 9.47 Å². The highest BCUT2D eigenvalue weighted by Gasteiger charge is 2.35. The molecule has 1 aromatic heterocycles. The molecule has 2 bridgehead atoms. The number of pyridine rings is 1. The van der Waals surface area contributed by atoms with E-state index in [0.29, 0.717) is 6.04 Å². The number of piperidine rings is 1. The first kappa shape index (κ1) is 18.3. The number of methoxy groups -OCH3 is 2. The van der Waals surface area contributed by atoms with E-state index in [1.807, 2.05) is 18.5 Å². The van der Waals surface area contributed by atoms with E-state index in [2.05, 4.69) is 39.0 Å². The summed E-state index contributed by atoms with van der Waals surface area (Å²) in [5.74, 6) is 2.42. The molecule has 0 aliphatic carbocycles. The molecule has 2 aromatic rings. The monoisotopic (exact) mass is 367 g/mol. The maximum Gasteiger partial charge on any atom is 0.165 e. The van der Waals surface area contributed by atoms with E-state index in [-0.39, 0.29) is 0 Å².